The summed E-state index contributed by atoms with van der Waals surface area (Å²) in [7, 11) is 0. The van der Waals surface area contributed by atoms with Gasteiger partial charge in [0.2, 0.25) is 0 Å². The molecule has 0 aliphatic rings. The van der Waals surface area contributed by atoms with Crippen molar-refractivity contribution in [1.29, 1.82) is 0 Å². The number of benzene rings is 1. The van der Waals surface area contributed by atoms with E-state index in [9.17, 15) is 4.79 Å². The summed E-state index contributed by atoms with van der Waals surface area (Å²) in [5.41, 5.74) is 5.27. The molecular formula is C21H21N5O2S. The molecule has 7 nitrogen and oxygen atoms in total. The number of fused-ring (bicyclic) bond motifs is 1. The van der Waals surface area contributed by atoms with Gasteiger partial charge >= 0.3 is 6.09 Å². The second kappa shape index (κ2) is 8.00. The SMILES string of the molecule is CCn1cnc2cc(NC(=O)OCc3sc(-c4ncccc4C)nc3C)ccc21. The smallest absolute Gasteiger partial charge is 0.411 e. The third-order valence-electron chi connectivity index (χ3n) is 4.65. The molecule has 1 amide bonds. The predicted molar refractivity (Wildman–Crippen MR) is 114 cm³/mol. The molecule has 4 aromatic rings. The topological polar surface area (TPSA) is 81.9 Å². The van der Waals surface area contributed by atoms with Crippen LogP contribution < -0.4 is 5.32 Å². The first kappa shape index (κ1) is 19.1. The Morgan fingerprint density at radius 1 is 1.24 bits per heavy atom. The molecule has 1 aromatic carbocycles. The second-order valence-corrected chi connectivity index (χ2v) is 7.72. The van der Waals surface area contributed by atoms with Gasteiger partial charge in [0.25, 0.3) is 0 Å². The van der Waals surface area contributed by atoms with Crippen molar-refractivity contribution < 1.29 is 9.53 Å². The standard InChI is InChI=1S/C21H21N5O2S/c1-4-26-12-23-16-10-15(7-8-17(16)26)25-21(27)28-11-18-14(3)24-20(29-18)19-13(2)6-5-9-22-19/h5-10,12H,4,11H2,1-3H3,(H,25,27). The van der Waals surface area contributed by atoms with Gasteiger partial charge in [-0.1, -0.05) is 6.07 Å². The lowest BCUT2D eigenvalue weighted by Gasteiger charge is -2.07. The molecule has 0 aliphatic carbocycles. The van der Waals surface area contributed by atoms with Gasteiger partial charge in [0.05, 0.1) is 27.9 Å². The average Bonchev–Trinajstić information content (AvgIpc) is 3.29. The molecule has 4 rings (SSSR count). The molecule has 148 valence electrons. The van der Waals surface area contributed by atoms with Crippen molar-refractivity contribution in [2.24, 2.45) is 0 Å². The number of thiazole rings is 1. The highest BCUT2D eigenvalue weighted by Crippen LogP contribution is 2.29. The lowest BCUT2D eigenvalue weighted by molar-refractivity contribution is 0.156. The molecule has 8 heteroatoms. The number of nitrogens with one attached hydrogen (secondary N) is 1. The van der Waals surface area contributed by atoms with Gasteiger partial charge in [-0.3, -0.25) is 10.3 Å². The van der Waals surface area contributed by atoms with Crippen LogP contribution in [0.5, 0.6) is 0 Å². The number of aromatic nitrogens is 4. The third-order valence-corrected chi connectivity index (χ3v) is 5.78. The minimum absolute atomic E-state index is 0.161. The van der Waals surface area contributed by atoms with E-state index in [1.54, 1.807) is 12.5 Å². The molecular weight excluding hydrogens is 386 g/mol. The molecule has 0 fully saturated rings. The molecule has 0 bridgehead atoms. The van der Waals surface area contributed by atoms with Crippen molar-refractivity contribution in [3.05, 3.63) is 59.0 Å². The van der Waals surface area contributed by atoms with Crippen molar-refractivity contribution >= 4 is 34.2 Å². The van der Waals surface area contributed by atoms with E-state index >= 15 is 0 Å². The Labute approximate surface area is 172 Å². The summed E-state index contributed by atoms with van der Waals surface area (Å²) in [5, 5.41) is 3.59. The van der Waals surface area contributed by atoms with Crippen molar-refractivity contribution in [1.82, 2.24) is 19.5 Å². The molecule has 0 unspecified atom stereocenters. The predicted octanol–water partition coefficient (Wildman–Crippen LogP) is 4.94. The molecule has 0 saturated heterocycles. The van der Waals surface area contributed by atoms with Gasteiger partial charge < -0.3 is 9.30 Å². The summed E-state index contributed by atoms with van der Waals surface area (Å²) in [5.74, 6) is 0. The minimum atomic E-state index is -0.511. The van der Waals surface area contributed by atoms with Crippen LogP contribution in [0.1, 0.15) is 23.1 Å². The Balaban J connectivity index is 1.42. The number of carbonyl (C=O) groups excluding carboxylic acids is 1. The molecule has 0 radical (unpaired) electrons. The van der Waals surface area contributed by atoms with E-state index in [-0.39, 0.29) is 6.61 Å². The Hall–Kier alpha value is -3.26. The molecule has 0 spiro atoms. The summed E-state index contributed by atoms with van der Waals surface area (Å²) >= 11 is 1.49. The monoisotopic (exact) mass is 407 g/mol. The summed E-state index contributed by atoms with van der Waals surface area (Å²) < 4.78 is 7.45. The zero-order chi connectivity index (χ0) is 20.4. The molecule has 0 atom stereocenters. The number of amides is 1. The maximum Gasteiger partial charge on any atom is 0.411 e. The molecule has 3 heterocycles. The van der Waals surface area contributed by atoms with Crippen molar-refractivity contribution in [2.45, 2.75) is 33.9 Å². The summed E-state index contributed by atoms with van der Waals surface area (Å²) in [6, 6.07) is 9.52. The van der Waals surface area contributed by atoms with Crippen LogP contribution >= 0.6 is 11.3 Å². The fourth-order valence-electron chi connectivity index (χ4n) is 3.05. The summed E-state index contributed by atoms with van der Waals surface area (Å²) in [4.78, 5) is 26.5. The first-order chi connectivity index (χ1) is 14.0. The van der Waals surface area contributed by atoms with Crippen LogP contribution in [0.15, 0.2) is 42.9 Å². The largest absolute Gasteiger partial charge is 0.444 e. The number of aryl methyl sites for hydroxylation is 3. The Kier molecular flexibility index (Phi) is 5.26. The van der Waals surface area contributed by atoms with Gasteiger partial charge in [-0.15, -0.1) is 11.3 Å². The maximum atomic E-state index is 12.2. The van der Waals surface area contributed by atoms with Crippen LogP contribution in [-0.4, -0.2) is 25.6 Å². The molecule has 0 aliphatic heterocycles. The van der Waals surface area contributed by atoms with E-state index in [2.05, 4.69) is 27.2 Å². The van der Waals surface area contributed by atoms with Gasteiger partial charge in [-0.05, 0) is 50.6 Å². The molecule has 3 aromatic heterocycles. The molecule has 29 heavy (non-hydrogen) atoms. The highest BCUT2D eigenvalue weighted by atomic mass is 32.1. The first-order valence-electron chi connectivity index (χ1n) is 9.32. The number of ether oxygens (including phenoxy) is 1. The number of rotatable bonds is 5. The van der Waals surface area contributed by atoms with Crippen LogP contribution in [0.4, 0.5) is 10.5 Å². The number of hydrogen-bond donors (Lipinski definition) is 1. The van der Waals surface area contributed by atoms with E-state index in [0.29, 0.717) is 5.69 Å². The zero-order valence-corrected chi connectivity index (χ0v) is 17.3. The number of imidazole rings is 1. The van der Waals surface area contributed by atoms with E-state index in [0.717, 1.165) is 44.4 Å². The van der Waals surface area contributed by atoms with Gasteiger partial charge in [0.15, 0.2) is 0 Å². The van der Waals surface area contributed by atoms with Crippen molar-refractivity contribution in [2.75, 3.05) is 5.32 Å². The Morgan fingerprint density at radius 3 is 2.90 bits per heavy atom. The summed E-state index contributed by atoms with van der Waals surface area (Å²) in [6.45, 7) is 6.98. The third kappa shape index (κ3) is 3.97. The van der Waals surface area contributed by atoms with Crippen molar-refractivity contribution in [3.63, 3.8) is 0 Å². The van der Waals surface area contributed by atoms with Gasteiger partial charge in [-0.2, -0.15) is 0 Å². The van der Waals surface area contributed by atoms with E-state index < -0.39 is 6.09 Å². The highest BCUT2D eigenvalue weighted by molar-refractivity contribution is 7.15. The number of carbonyl (C=O) groups is 1. The normalized spacial score (nSPS) is 11.0. The van der Waals surface area contributed by atoms with E-state index in [1.165, 1.54) is 11.3 Å². The fraction of sp³-hybridized carbons (Fsp3) is 0.238. The summed E-state index contributed by atoms with van der Waals surface area (Å²) in [6.07, 6.45) is 3.03. The van der Waals surface area contributed by atoms with Crippen LogP contribution in [0.25, 0.3) is 21.7 Å². The number of anilines is 1. The lowest BCUT2D eigenvalue weighted by atomic mass is 10.2. The number of pyridine rings is 1. The second-order valence-electron chi connectivity index (χ2n) is 6.63. The first-order valence-corrected chi connectivity index (χ1v) is 10.1. The number of hydrogen-bond acceptors (Lipinski definition) is 6. The Bertz CT molecular complexity index is 1180. The van der Waals surface area contributed by atoms with Crippen LogP contribution in [0.2, 0.25) is 0 Å². The van der Waals surface area contributed by atoms with E-state index in [1.807, 2.05) is 48.7 Å². The van der Waals surface area contributed by atoms with Gasteiger partial charge in [-0.25, -0.2) is 14.8 Å². The Morgan fingerprint density at radius 2 is 2.10 bits per heavy atom. The van der Waals surface area contributed by atoms with Gasteiger partial charge in [0.1, 0.15) is 17.3 Å². The highest BCUT2D eigenvalue weighted by Gasteiger charge is 2.14. The number of nitrogens with zero attached hydrogens (tertiary/aromatic N) is 4. The maximum absolute atomic E-state index is 12.2. The zero-order valence-electron chi connectivity index (χ0n) is 16.5. The molecule has 1 N–H and O–H groups in total. The van der Waals surface area contributed by atoms with Crippen LogP contribution in [0.3, 0.4) is 0 Å². The van der Waals surface area contributed by atoms with Crippen molar-refractivity contribution in [3.8, 4) is 10.7 Å². The fourth-order valence-corrected chi connectivity index (χ4v) is 4.09. The quantitative estimate of drug-likeness (QED) is 0.507. The molecule has 0 saturated carbocycles. The minimum Gasteiger partial charge on any atom is -0.444 e. The van der Waals surface area contributed by atoms with Crippen LogP contribution in [-0.2, 0) is 17.9 Å². The van der Waals surface area contributed by atoms with E-state index in [4.69, 9.17) is 4.74 Å². The van der Waals surface area contributed by atoms with Gasteiger partial charge in [0, 0.05) is 18.4 Å². The average molecular weight is 407 g/mol. The lowest BCUT2D eigenvalue weighted by Crippen LogP contribution is -2.13. The van der Waals surface area contributed by atoms with Crippen LogP contribution in [0, 0.1) is 13.8 Å².